The Balaban J connectivity index is 2.53. The lowest BCUT2D eigenvalue weighted by Crippen LogP contribution is -2.17. The van der Waals surface area contributed by atoms with Crippen LogP contribution in [0.15, 0.2) is 18.2 Å². The van der Waals surface area contributed by atoms with E-state index in [0.717, 1.165) is 0 Å². The van der Waals surface area contributed by atoms with Crippen LogP contribution in [0.2, 0.25) is 10.0 Å². The summed E-state index contributed by atoms with van der Waals surface area (Å²) in [7, 11) is 0. The summed E-state index contributed by atoms with van der Waals surface area (Å²) < 4.78 is 0. The van der Waals surface area contributed by atoms with Crippen LogP contribution in [0.3, 0.4) is 0 Å². The number of anilines is 1. The predicted octanol–water partition coefficient (Wildman–Crippen LogP) is 3.05. The van der Waals surface area contributed by atoms with E-state index < -0.39 is 0 Å². The van der Waals surface area contributed by atoms with Crippen molar-refractivity contribution in [1.82, 2.24) is 0 Å². The molecule has 3 nitrogen and oxygen atoms in total. The summed E-state index contributed by atoms with van der Waals surface area (Å²) in [6.45, 7) is 1.90. The summed E-state index contributed by atoms with van der Waals surface area (Å²) in [5, 5.41) is 12.5. The van der Waals surface area contributed by atoms with Crippen molar-refractivity contribution in [1.29, 1.82) is 0 Å². The van der Waals surface area contributed by atoms with Crippen LogP contribution in [0.1, 0.15) is 6.92 Å². The molecule has 0 aliphatic heterocycles. The molecule has 0 aliphatic carbocycles. The third-order valence-electron chi connectivity index (χ3n) is 1.96. The van der Waals surface area contributed by atoms with E-state index in [9.17, 15) is 4.79 Å². The summed E-state index contributed by atoms with van der Waals surface area (Å²) >= 11 is 13.1. The maximum Gasteiger partial charge on any atom is 0.234 e. The minimum Gasteiger partial charge on any atom is -0.395 e. The van der Waals surface area contributed by atoms with Gasteiger partial charge in [0.1, 0.15) is 0 Å². The third kappa shape index (κ3) is 5.17. The van der Waals surface area contributed by atoms with E-state index in [-0.39, 0.29) is 23.5 Å². The van der Waals surface area contributed by atoms with Crippen molar-refractivity contribution in [3.05, 3.63) is 28.2 Å². The van der Waals surface area contributed by atoms with E-state index in [4.69, 9.17) is 28.3 Å². The number of carbonyl (C=O) groups is 1. The molecule has 17 heavy (non-hydrogen) atoms. The highest BCUT2D eigenvalue weighted by molar-refractivity contribution is 8.00. The molecule has 0 saturated carbocycles. The molecule has 1 rings (SSSR count). The second kappa shape index (κ2) is 7.11. The Hall–Kier alpha value is -0.420. The van der Waals surface area contributed by atoms with Crippen molar-refractivity contribution in [3.63, 3.8) is 0 Å². The monoisotopic (exact) mass is 293 g/mol. The smallest absolute Gasteiger partial charge is 0.234 e. The van der Waals surface area contributed by atoms with Gasteiger partial charge in [0.15, 0.2) is 0 Å². The third-order valence-corrected chi connectivity index (χ3v) is 3.67. The van der Waals surface area contributed by atoms with Crippen molar-refractivity contribution >= 4 is 46.6 Å². The van der Waals surface area contributed by atoms with Gasteiger partial charge in [0.05, 0.1) is 23.1 Å². The lowest BCUT2D eigenvalue weighted by atomic mass is 10.3. The fraction of sp³-hybridized carbons (Fsp3) is 0.364. The van der Waals surface area contributed by atoms with E-state index in [1.54, 1.807) is 18.2 Å². The van der Waals surface area contributed by atoms with Gasteiger partial charge in [0.2, 0.25) is 5.91 Å². The van der Waals surface area contributed by atoms with E-state index in [2.05, 4.69) is 5.32 Å². The highest BCUT2D eigenvalue weighted by atomic mass is 35.5. The van der Waals surface area contributed by atoms with E-state index in [1.165, 1.54) is 11.8 Å². The van der Waals surface area contributed by atoms with Gasteiger partial charge in [-0.3, -0.25) is 4.79 Å². The number of nitrogens with one attached hydrogen (secondary N) is 1. The van der Waals surface area contributed by atoms with Gasteiger partial charge in [0, 0.05) is 10.3 Å². The molecule has 2 N–H and O–H groups in total. The molecule has 0 bridgehead atoms. The molecule has 1 unspecified atom stereocenters. The molecule has 0 spiro atoms. The van der Waals surface area contributed by atoms with Crippen molar-refractivity contribution in [2.24, 2.45) is 0 Å². The maximum atomic E-state index is 11.6. The zero-order valence-corrected chi connectivity index (χ0v) is 11.6. The number of thioether (sulfide) groups is 1. The number of aliphatic hydroxyl groups excluding tert-OH is 1. The van der Waals surface area contributed by atoms with Crippen LogP contribution in [0.25, 0.3) is 0 Å². The van der Waals surface area contributed by atoms with Crippen LogP contribution in [-0.4, -0.2) is 28.6 Å². The number of aliphatic hydroxyl groups is 1. The lowest BCUT2D eigenvalue weighted by Gasteiger charge is -2.09. The maximum absolute atomic E-state index is 11.6. The number of carbonyl (C=O) groups excluding carboxylic acids is 1. The first-order chi connectivity index (χ1) is 8.02. The number of benzene rings is 1. The van der Waals surface area contributed by atoms with Crippen molar-refractivity contribution in [2.45, 2.75) is 12.2 Å². The predicted molar refractivity (Wildman–Crippen MR) is 74.1 cm³/mol. The summed E-state index contributed by atoms with van der Waals surface area (Å²) in [6, 6.07) is 4.88. The van der Waals surface area contributed by atoms with Gasteiger partial charge in [-0.1, -0.05) is 30.1 Å². The van der Waals surface area contributed by atoms with Gasteiger partial charge in [0.25, 0.3) is 0 Å². The Labute approximate surface area is 114 Å². The Morgan fingerprint density at radius 2 is 2.24 bits per heavy atom. The van der Waals surface area contributed by atoms with Gasteiger partial charge in [-0.05, 0) is 18.2 Å². The summed E-state index contributed by atoms with van der Waals surface area (Å²) in [5.41, 5.74) is 0.501. The number of rotatable bonds is 5. The van der Waals surface area contributed by atoms with E-state index in [1.807, 2.05) is 6.92 Å². The summed E-state index contributed by atoms with van der Waals surface area (Å²) in [5.74, 6) is 0.101. The van der Waals surface area contributed by atoms with Crippen LogP contribution >= 0.6 is 35.0 Å². The standard InChI is InChI=1S/C11H13Cl2NO2S/c1-7(5-15)17-6-11(16)14-10-4-8(12)2-3-9(10)13/h2-4,7,15H,5-6H2,1H3,(H,14,16). The number of amides is 1. The molecule has 94 valence electrons. The normalized spacial score (nSPS) is 12.2. The van der Waals surface area contributed by atoms with Gasteiger partial charge >= 0.3 is 0 Å². The number of halogens is 2. The van der Waals surface area contributed by atoms with E-state index >= 15 is 0 Å². The minimum atomic E-state index is -0.167. The van der Waals surface area contributed by atoms with Crippen LogP contribution in [-0.2, 0) is 4.79 Å². The highest BCUT2D eigenvalue weighted by Crippen LogP contribution is 2.25. The Bertz CT molecular complexity index is 401. The first kappa shape index (κ1) is 14.6. The first-order valence-corrected chi connectivity index (χ1v) is 6.80. The van der Waals surface area contributed by atoms with E-state index in [0.29, 0.717) is 15.7 Å². The highest BCUT2D eigenvalue weighted by Gasteiger charge is 2.08. The topological polar surface area (TPSA) is 49.3 Å². The van der Waals surface area contributed by atoms with Gasteiger partial charge in [-0.25, -0.2) is 0 Å². The Kier molecular flexibility index (Phi) is 6.12. The molecule has 0 radical (unpaired) electrons. The fourth-order valence-corrected chi connectivity index (χ4v) is 2.00. The molecule has 1 amide bonds. The number of hydrogen-bond donors (Lipinski definition) is 2. The Morgan fingerprint density at radius 3 is 2.88 bits per heavy atom. The second-order valence-corrected chi connectivity index (χ2v) is 5.75. The van der Waals surface area contributed by atoms with Crippen molar-refractivity contribution < 1.29 is 9.90 Å². The SMILES string of the molecule is CC(CO)SCC(=O)Nc1cc(Cl)ccc1Cl. The Morgan fingerprint density at radius 1 is 1.53 bits per heavy atom. The average Bonchev–Trinajstić information content (AvgIpc) is 2.30. The van der Waals surface area contributed by atoms with Crippen LogP contribution in [0.4, 0.5) is 5.69 Å². The number of hydrogen-bond acceptors (Lipinski definition) is 3. The molecule has 1 aromatic rings. The minimum absolute atomic E-state index is 0.0376. The molecule has 0 aromatic heterocycles. The average molecular weight is 294 g/mol. The molecule has 0 fully saturated rings. The molecule has 0 saturated heterocycles. The second-order valence-electron chi connectivity index (χ2n) is 3.48. The largest absolute Gasteiger partial charge is 0.395 e. The quantitative estimate of drug-likeness (QED) is 0.877. The zero-order chi connectivity index (χ0) is 12.8. The van der Waals surface area contributed by atoms with Crippen molar-refractivity contribution in [2.75, 3.05) is 17.7 Å². The summed E-state index contributed by atoms with van der Waals surface area (Å²) in [6.07, 6.45) is 0. The lowest BCUT2D eigenvalue weighted by molar-refractivity contribution is -0.113. The molecule has 6 heteroatoms. The van der Waals surface area contributed by atoms with Crippen LogP contribution in [0, 0.1) is 0 Å². The van der Waals surface area contributed by atoms with Crippen LogP contribution in [0.5, 0.6) is 0 Å². The molecule has 0 aliphatic rings. The molecule has 1 atom stereocenters. The first-order valence-electron chi connectivity index (χ1n) is 5.00. The molecule has 0 heterocycles. The van der Waals surface area contributed by atoms with Gasteiger partial charge < -0.3 is 10.4 Å². The fourth-order valence-electron chi connectivity index (χ4n) is 1.05. The van der Waals surface area contributed by atoms with Crippen LogP contribution < -0.4 is 5.32 Å². The molecular formula is C11H13Cl2NO2S. The van der Waals surface area contributed by atoms with Gasteiger partial charge in [-0.2, -0.15) is 0 Å². The molecule has 1 aromatic carbocycles. The zero-order valence-electron chi connectivity index (χ0n) is 9.24. The molecular weight excluding hydrogens is 281 g/mol. The summed E-state index contributed by atoms with van der Waals surface area (Å²) in [4.78, 5) is 11.6. The van der Waals surface area contributed by atoms with Crippen molar-refractivity contribution in [3.8, 4) is 0 Å². The van der Waals surface area contributed by atoms with Gasteiger partial charge in [-0.15, -0.1) is 11.8 Å².